The molecule has 19 heavy (non-hydrogen) atoms. The first-order valence-electron chi connectivity index (χ1n) is 6.03. The Morgan fingerprint density at radius 1 is 1.37 bits per heavy atom. The first-order valence-corrected chi connectivity index (χ1v) is 6.41. The van der Waals surface area contributed by atoms with Gasteiger partial charge in [-0.1, -0.05) is 29.8 Å². The van der Waals surface area contributed by atoms with Crippen LogP contribution in [0.2, 0.25) is 5.02 Å². The van der Waals surface area contributed by atoms with Crippen LogP contribution in [0.3, 0.4) is 0 Å². The normalized spacial score (nSPS) is 11.8. The van der Waals surface area contributed by atoms with Crippen molar-refractivity contribution in [3.8, 4) is 6.07 Å². The monoisotopic (exact) mass is 271 g/mol. The molecule has 3 nitrogen and oxygen atoms in total. The van der Waals surface area contributed by atoms with Crippen LogP contribution in [0, 0.1) is 11.3 Å². The molecule has 1 heterocycles. The second-order valence-corrected chi connectivity index (χ2v) is 4.72. The zero-order valence-electron chi connectivity index (χ0n) is 10.6. The zero-order valence-corrected chi connectivity index (χ0v) is 11.4. The number of nitrogens with zero attached hydrogens (tertiary/aromatic N) is 2. The first-order chi connectivity index (χ1) is 9.20. The zero-order chi connectivity index (χ0) is 13.7. The van der Waals surface area contributed by atoms with Gasteiger partial charge in [-0.15, -0.1) is 0 Å². The summed E-state index contributed by atoms with van der Waals surface area (Å²) in [5.41, 5.74) is 2.49. The Balaban J connectivity index is 2.05. The highest BCUT2D eigenvalue weighted by atomic mass is 35.5. The molecule has 1 aromatic carbocycles. The van der Waals surface area contributed by atoms with Crippen LogP contribution in [-0.2, 0) is 6.54 Å². The summed E-state index contributed by atoms with van der Waals surface area (Å²) in [6, 6.07) is 13.7. The van der Waals surface area contributed by atoms with Gasteiger partial charge in [0, 0.05) is 29.4 Å². The van der Waals surface area contributed by atoms with E-state index in [1.54, 1.807) is 6.20 Å². The van der Waals surface area contributed by atoms with Crippen molar-refractivity contribution in [3.05, 3.63) is 64.4 Å². The van der Waals surface area contributed by atoms with Gasteiger partial charge < -0.3 is 5.32 Å². The molecule has 1 atom stereocenters. The second kappa shape index (κ2) is 6.33. The van der Waals surface area contributed by atoms with Gasteiger partial charge in [-0.05, 0) is 30.7 Å². The maximum Gasteiger partial charge on any atom is 0.144 e. The molecule has 96 valence electrons. The summed E-state index contributed by atoms with van der Waals surface area (Å²) in [7, 11) is 0. The molecule has 0 fully saturated rings. The van der Waals surface area contributed by atoms with Crippen LogP contribution in [-0.4, -0.2) is 4.98 Å². The predicted molar refractivity (Wildman–Crippen MR) is 75.7 cm³/mol. The molecule has 0 aliphatic carbocycles. The van der Waals surface area contributed by atoms with Crippen LogP contribution < -0.4 is 5.32 Å². The van der Waals surface area contributed by atoms with Gasteiger partial charge in [-0.3, -0.25) is 0 Å². The summed E-state index contributed by atoms with van der Waals surface area (Å²) in [6.07, 6.45) is 1.63. The highest BCUT2D eigenvalue weighted by Crippen LogP contribution is 2.18. The molecule has 0 aliphatic rings. The molecule has 0 spiro atoms. The van der Waals surface area contributed by atoms with Crippen molar-refractivity contribution in [1.29, 1.82) is 5.26 Å². The molecule has 2 aromatic rings. The number of halogens is 1. The number of nitriles is 1. The van der Waals surface area contributed by atoms with Gasteiger partial charge in [0.15, 0.2) is 0 Å². The van der Waals surface area contributed by atoms with E-state index in [0.717, 1.165) is 16.1 Å². The van der Waals surface area contributed by atoms with Crippen LogP contribution in [0.4, 0.5) is 0 Å². The number of hydrogen-bond acceptors (Lipinski definition) is 3. The molecule has 0 bridgehead atoms. The van der Waals surface area contributed by atoms with Crippen LogP contribution in [0.15, 0.2) is 42.6 Å². The molecule has 1 N–H and O–H groups in total. The van der Waals surface area contributed by atoms with Crippen molar-refractivity contribution in [2.24, 2.45) is 0 Å². The maximum absolute atomic E-state index is 8.98. The number of hydrogen-bond donors (Lipinski definition) is 1. The van der Waals surface area contributed by atoms with E-state index in [9.17, 15) is 0 Å². The standard InChI is InChI=1S/C15H14ClN3/c1-11(12-4-2-6-14(16)8-12)19-10-13-5-3-7-18-15(13)9-17/h2-8,11,19H,10H2,1H3/t11-/m1/s1. The molecule has 0 unspecified atom stereocenters. The Hall–Kier alpha value is -1.89. The van der Waals surface area contributed by atoms with Crippen molar-refractivity contribution < 1.29 is 0 Å². The number of aromatic nitrogens is 1. The van der Waals surface area contributed by atoms with Gasteiger partial charge in [0.1, 0.15) is 11.8 Å². The third-order valence-corrected chi connectivity index (χ3v) is 3.18. The third kappa shape index (κ3) is 3.54. The topological polar surface area (TPSA) is 48.7 Å². The second-order valence-electron chi connectivity index (χ2n) is 4.28. The van der Waals surface area contributed by atoms with Gasteiger partial charge >= 0.3 is 0 Å². The Morgan fingerprint density at radius 3 is 2.95 bits per heavy atom. The summed E-state index contributed by atoms with van der Waals surface area (Å²) in [5, 5.41) is 13.1. The van der Waals surface area contributed by atoms with Crippen molar-refractivity contribution in [2.75, 3.05) is 0 Å². The molecule has 0 aliphatic heterocycles. The lowest BCUT2D eigenvalue weighted by Gasteiger charge is -2.14. The number of pyridine rings is 1. The Morgan fingerprint density at radius 2 is 2.21 bits per heavy atom. The van der Waals surface area contributed by atoms with Crippen molar-refractivity contribution in [2.45, 2.75) is 19.5 Å². The minimum absolute atomic E-state index is 0.158. The summed E-state index contributed by atoms with van der Waals surface area (Å²) < 4.78 is 0. The highest BCUT2D eigenvalue weighted by molar-refractivity contribution is 6.30. The van der Waals surface area contributed by atoms with Gasteiger partial charge in [-0.25, -0.2) is 4.98 Å². The summed E-state index contributed by atoms with van der Waals surface area (Å²) in [4.78, 5) is 4.04. The molecule has 1 aromatic heterocycles. The quantitative estimate of drug-likeness (QED) is 0.926. The van der Waals surface area contributed by atoms with Crippen molar-refractivity contribution in [1.82, 2.24) is 10.3 Å². The predicted octanol–water partition coefficient (Wildman–Crippen LogP) is 3.46. The smallest absolute Gasteiger partial charge is 0.144 e. The molecular weight excluding hydrogens is 258 g/mol. The average Bonchev–Trinajstić information content (AvgIpc) is 2.45. The van der Waals surface area contributed by atoms with E-state index >= 15 is 0 Å². The van der Waals surface area contributed by atoms with Crippen molar-refractivity contribution >= 4 is 11.6 Å². The molecule has 0 saturated carbocycles. The fraction of sp³-hybridized carbons (Fsp3) is 0.200. The van der Waals surface area contributed by atoms with Crippen LogP contribution in [0.25, 0.3) is 0 Å². The van der Waals surface area contributed by atoms with Crippen LogP contribution >= 0.6 is 11.6 Å². The Bertz CT molecular complexity index is 604. The Labute approximate surface area is 117 Å². The third-order valence-electron chi connectivity index (χ3n) is 2.94. The van der Waals surface area contributed by atoms with E-state index in [2.05, 4.69) is 23.3 Å². The summed E-state index contributed by atoms with van der Waals surface area (Å²) in [6.45, 7) is 2.67. The lowest BCUT2D eigenvalue weighted by molar-refractivity contribution is 0.573. The lowest BCUT2D eigenvalue weighted by Crippen LogP contribution is -2.18. The molecule has 0 saturated heterocycles. The minimum Gasteiger partial charge on any atom is -0.306 e. The largest absolute Gasteiger partial charge is 0.306 e. The van der Waals surface area contributed by atoms with E-state index < -0.39 is 0 Å². The molecular formula is C15H14ClN3. The van der Waals surface area contributed by atoms with Crippen LogP contribution in [0.5, 0.6) is 0 Å². The van der Waals surface area contributed by atoms with Gasteiger partial charge in [0.2, 0.25) is 0 Å². The van der Waals surface area contributed by atoms with Gasteiger partial charge in [0.05, 0.1) is 0 Å². The number of rotatable bonds is 4. The van der Waals surface area contributed by atoms with E-state index in [0.29, 0.717) is 12.2 Å². The first kappa shape index (κ1) is 13.5. The Kier molecular flexibility index (Phi) is 4.51. The van der Waals surface area contributed by atoms with Gasteiger partial charge in [-0.2, -0.15) is 5.26 Å². The molecule has 2 rings (SSSR count). The minimum atomic E-state index is 0.158. The van der Waals surface area contributed by atoms with E-state index in [4.69, 9.17) is 16.9 Å². The molecule has 0 radical (unpaired) electrons. The van der Waals surface area contributed by atoms with Gasteiger partial charge in [0.25, 0.3) is 0 Å². The maximum atomic E-state index is 8.98. The fourth-order valence-corrected chi connectivity index (χ4v) is 2.04. The molecule has 4 heteroatoms. The number of benzene rings is 1. The number of nitrogens with one attached hydrogen (secondary N) is 1. The summed E-state index contributed by atoms with van der Waals surface area (Å²) >= 11 is 5.97. The van der Waals surface area contributed by atoms with Crippen molar-refractivity contribution in [3.63, 3.8) is 0 Å². The SMILES string of the molecule is C[C@@H](NCc1cccnc1C#N)c1cccc(Cl)c1. The summed E-state index contributed by atoms with van der Waals surface area (Å²) in [5.74, 6) is 0. The van der Waals surface area contributed by atoms with E-state index in [-0.39, 0.29) is 6.04 Å². The van der Waals surface area contributed by atoms with E-state index in [1.807, 2.05) is 36.4 Å². The highest BCUT2D eigenvalue weighted by Gasteiger charge is 2.07. The van der Waals surface area contributed by atoms with Crippen LogP contribution in [0.1, 0.15) is 29.8 Å². The molecule has 0 amide bonds. The lowest BCUT2D eigenvalue weighted by atomic mass is 10.1. The van der Waals surface area contributed by atoms with E-state index in [1.165, 1.54) is 0 Å². The average molecular weight is 272 g/mol. The fourth-order valence-electron chi connectivity index (χ4n) is 1.84.